The predicted molar refractivity (Wildman–Crippen MR) is 127 cm³/mol. The van der Waals surface area contributed by atoms with E-state index in [1.165, 1.54) is 18.2 Å². The number of ether oxygens (including phenoxy) is 1. The number of barbiturate groups is 1. The number of anilines is 1. The van der Waals surface area contributed by atoms with Crippen molar-refractivity contribution < 1.29 is 19.1 Å². The number of urea groups is 1. The van der Waals surface area contributed by atoms with Gasteiger partial charge in [-0.1, -0.05) is 53.6 Å². The topological polar surface area (TPSA) is 75.7 Å². The first-order chi connectivity index (χ1) is 15.9. The average molecular weight is 440 g/mol. The lowest BCUT2D eigenvalue weighted by molar-refractivity contribution is -0.122. The largest absolute Gasteiger partial charge is 0.497 e. The molecule has 0 radical (unpaired) electrons. The van der Waals surface area contributed by atoms with Gasteiger partial charge < -0.3 is 4.74 Å². The number of rotatable bonds is 5. The second kappa shape index (κ2) is 9.12. The minimum Gasteiger partial charge on any atom is -0.497 e. The fourth-order valence-corrected chi connectivity index (χ4v) is 4.01. The Morgan fingerprint density at radius 3 is 2.24 bits per heavy atom. The van der Waals surface area contributed by atoms with Crippen LogP contribution >= 0.6 is 0 Å². The summed E-state index contributed by atoms with van der Waals surface area (Å²) >= 11 is 0. The molecule has 3 aromatic rings. The Labute approximate surface area is 192 Å². The third kappa shape index (κ3) is 4.70. The first-order valence-electron chi connectivity index (χ1n) is 10.6. The van der Waals surface area contributed by atoms with Gasteiger partial charge in [-0.05, 0) is 67.3 Å². The molecule has 6 nitrogen and oxygen atoms in total. The summed E-state index contributed by atoms with van der Waals surface area (Å²) in [5.74, 6) is -0.790. The van der Waals surface area contributed by atoms with Gasteiger partial charge in [-0.25, -0.2) is 9.69 Å². The molecule has 1 heterocycles. The standard InChI is InChI=1S/C27H24N2O4/c1-17-12-18(2)14-19(13-17)15-20-6-4-5-7-21(20)16-24-25(30)28-27(32)29(26(24)31)22-8-10-23(33-3)11-9-22/h4-14,16H,15H2,1-3H3,(H,28,30,32)/b24-16+. The third-order valence-electron chi connectivity index (χ3n) is 5.46. The molecular formula is C27H24N2O4. The van der Waals surface area contributed by atoms with Crippen molar-refractivity contribution in [2.75, 3.05) is 12.0 Å². The van der Waals surface area contributed by atoms with Crippen LogP contribution in [0.4, 0.5) is 10.5 Å². The molecule has 0 aliphatic carbocycles. The van der Waals surface area contributed by atoms with Crippen molar-refractivity contribution in [1.29, 1.82) is 0 Å². The Morgan fingerprint density at radius 1 is 0.909 bits per heavy atom. The van der Waals surface area contributed by atoms with Gasteiger partial charge in [0.25, 0.3) is 11.8 Å². The minimum atomic E-state index is -0.782. The van der Waals surface area contributed by atoms with E-state index in [-0.39, 0.29) is 5.57 Å². The van der Waals surface area contributed by atoms with E-state index in [4.69, 9.17) is 4.74 Å². The Morgan fingerprint density at radius 2 is 1.58 bits per heavy atom. The van der Waals surface area contributed by atoms with Crippen LogP contribution in [-0.2, 0) is 16.0 Å². The molecule has 3 aromatic carbocycles. The molecule has 1 aliphatic heterocycles. The van der Waals surface area contributed by atoms with E-state index in [1.54, 1.807) is 30.3 Å². The van der Waals surface area contributed by atoms with E-state index >= 15 is 0 Å². The van der Waals surface area contributed by atoms with Crippen LogP contribution in [0, 0.1) is 13.8 Å². The fraction of sp³-hybridized carbons (Fsp3) is 0.148. The minimum absolute atomic E-state index is 0.0988. The number of methoxy groups -OCH3 is 1. The predicted octanol–water partition coefficient (Wildman–Crippen LogP) is 4.57. The van der Waals surface area contributed by atoms with Crippen molar-refractivity contribution in [1.82, 2.24) is 5.32 Å². The first-order valence-corrected chi connectivity index (χ1v) is 10.6. The number of carbonyl (C=O) groups is 3. The molecule has 1 fully saturated rings. The molecule has 0 aromatic heterocycles. The van der Waals surface area contributed by atoms with Crippen molar-refractivity contribution in [3.8, 4) is 5.75 Å². The van der Waals surface area contributed by atoms with Crippen LogP contribution in [0.15, 0.2) is 72.3 Å². The molecule has 33 heavy (non-hydrogen) atoms. The van der Waals surface area contributed by atoms with E-state index in [9.17, 15) is 14.4 Å². The summed E-state index contributed by atoms with van der Waals surface area (Å²) in [6, 6.07) is 19.7. The van der Waals surface area contributed by atoms with Gasteiger partial charge in [0, 0.05) is 0 Å². The summed E-state index contributed by atoms with van der Waals surface area (Å²) in [7, 11) is 1.53. The van der Waals surface area contributed by atoms with E-state index < -0.39 is 17.8 Å². The van der Waals surface area contributed by atoms with Crippen LogP contribution in [0.5, 0.6) is 5.75 Å². The summed E-state index contributed by atoms with van der Waals surface area (Å²) in [6.07, 6.45) is 2.21. The first kappa shape index (κ1) is 22.0. The lowest BCUT2D eigenvalue weighted by atomic mass is 9.95. The molecule has 0 bridgehead atoms. The Bertz CT molecular complexity index is 1260. The van der Waals surface area contributed by atoms with Gasteiger partial charge in [0.1, 0.15) is 11.3 Å². The van der Waals surface area contributed by atoms with Crippen LogP contribution < -0.4 is 15.0 Å². The van der Waals surface area contributed by atoms with E-state index in [2.05, 4.69) is 37.4 Å². The van der Waals surface area contributed by atoms with Gasteiger partial charge in [-0.15, -0.1) is 0 Å². The Balaban J connectivity index is 1.69. The number of nitrogens with one attached hydrogen (secondary N) is 1. The van der Waals surface area contributed by atoms with E-state index in [0.29, 0.717) is 17.9 Å². The van der Waals surface area contributed by atoms with E-state index in [1.807, 2.05) is 24.3 Å². The van der Waals surface area contributed by atoms with Gasteiger partial charge in [0.15, 0.2) is 0 Å². The number of hydrogen-bond donors (Lipinski definition) is 1. The van der Waals surface area contributed by atoms with Gasteiger partial charge >= 0.3 is 6.03 Å². The van der Waals surface area contributed by atoms with Gasteiger partial charge in [-0.3, -0.25) is 14.9 Å². The smallest absolute Gasteiger partial charge is 0.335 e. The highest BCUT2D eigenvalue weighted by Crippen LogP contribution is 2.25. The zero-order chi connectivity index (χ0) is 23.5. The maximum atomic E-state index is 13.2. The Hall–Kier alpha value is -4.19. The maximum Gasteiger partial charge on any atom is 0.335 e. The molecule has 1 saturated heterocycles. The third-order valence-corrected chi connectivity index (χ3v) is 5.46. The summed E-state index contributed by atoms with van der Waals surface area (Å²) in [5, 5.41) is 2.27. The van der Waals surface area contributed by atoms with Crippen molar-refractivity contribution in [2.45, 2.75) is 20.3 Å². The number of nitrogens with zero attached hydrogens (tertiary/aromatic N) is 1. The molecule has 1 N–H and O–H groups in total. The molecular weight excluding hydrogens is 416 g/mol. The van der Waals surface area contributed by atoms with Crippen molar-refractivity contribution in [2.24, 2.45) is 0 Å². The average Bonchev–Trinajstić information content (AvgIpc) is 2.77. The van der Waals surface area contributed by atoms with Gasteiger partial charge in [0.2, 0.25) is 0 Å². The monoisotopic (exact) mass is 440 g/mol. The summed E-state index contributed by atoms with van der Waals surface area (Å²) in [4.78, 5) is 39.2. The highest BCUT2D eigenvalue weighted by Gasteiger charge is 2.36. The lowest BCUT2D eigenvalue weighted by Gasteiger charge is -2.26. The second-order valence-corrected chi connectivity index (χ2v) is 8.03. The van der Waals surface area contributed by atoms with Crippen LogP contribution in [0.1, 0.15) is 27.8 Å². The number of carbonyl (C=O) groups excluding carboxylic acids is 3. The van der Waals surface area contributed by atoms with E-state index in [0.717, 1.165) is 21.6 Å². The molecule has 0 saturated carbocycles. The zero-order valence-electron chi connectivity index (χ0n) is 18.7. The molecule has 166 valence electrons. The van der Waals surface area contributed by atoms with Crippen molar-refractivity contribution in [3.05, 3.63) is 100 Å². The van der Waals surface area contributed by atoms with Crippen molar-refractivity contribution >= 4 is 29.6 Å². The summed E-state index contributed by atoms with van der Waals surface area (Å²) < 4.78 is 5.13. The number of benzene rings is 3. The number of aryl methyl sites for hydroxylation is 2. The molecule has 0 spiro atoms. The number of hydrogen-bond acceptors (Lipinski definition) is 4. The quantitative estimate of drug-likeness (QED) is 0.466. The van der Waals surface area contributed by atoms with Crippen LogP contribution in [0.3, 0.4) is 0 Å². The molecule has 6 heteroatoms. The maximum absolute atomic E-state index is 13.2. The van der Waals surface area contributed by atoms with Crippen LogP contribution in [-0.4, -0.2) is 25.0 Å². The normalized spacial score (nSPS) is 15.1. The fourth-order valence-electron chi connectivity index (χ4n) is 4.01. The molecule has 0 unspecified atom stereocenters. The zero-order valence-corrected chi connectivity index (χ0v) is 18.7. The van der Waals surface area contributed by atoms with Crippen LogP contribution in [0.2, 0.25) is 0 Å². The second-order valence-electron chi connectivity index (χ2n) is 8.03. The highest BCUT2D eigenvalue weighted by atomic mass is 16.5. The number of imide groups is 2. The summed E-state index contributed by atoms with van der Waals surface area (Å²) in [6.45, 7) is 4.11. The summed E-state index contributed by atoms with van der Waals surface area (Å²) in [5.41, 5.74) is 5.47. The van der Waals surface area contributed by atoms with Gasteiger partial charge in [0.05, 0.1) is 12.8 Å². The highest BCUT2D eigenvalue weighted by molar-refractivity contribution is 6.39. The van der Waals surface area contributed by atoms with Gasteiger partial charge in [-0.2, -0.15) is 0 Å². The molecule has 0 atom stereocenters. The molecule has 4 rings (SSSR count). The van der Waals surface area contributed by atoms with Crippen LogP contribution in [0.25, 0.3) is 6.08 Å². The molecule has 1 aliphatic rings. The lowest BCUT2D eigenvalue weighted by Crippen LogP contribution is -2.54. The van der Waals surface area contributed by atoms with Crippen molar-refractivity contribution in [3.63, 3.8) is 0 Å². The Kier molecular flexibility index (Phi) is 6.09. The number of amides is 4. The SMILES string of the molecule is COc1ccc(N2C(=O)NC(=O)/C(=C\c3ccccc3Cc3cc(C)cc(C)c3)C2=O)cc1. The molecule has 4 amide bonds.